The summed E-state index contributed by atoms with van der Waals surface area (Å²) in [7, 11) is 0. The number of carbonyl (C=O) groups is 1. The third-order valence-corrected chi connectivity index (χ3v) is 2.06. The number of nitrogens with one attached hydrogen (secondary N) is 3. The Labute approximate surface area is 77.3 Å². The van der Waals surface area contributed by atoms with E-state index in [1.54, 1.807) is 0 Å². The third kappa shape index (κ3) is 3.18. The van der Waals surface area contributed by atoms with Crippen LogP contribution in [0.4, 0.5) is 9.18 Å². The van der Waals surface area contributed by atoms with Gasteiger partial charge in [0.2, 0.25) is 0 Å². The Hall–Kier alpha value is -0.840. The van der Waals surface area contributed by atoms with E-state index in [-0.39, 0.29) is 12.1 Å². The molecule has 2 unspecified atom stereocenters. The van der Waals surface area contributed by atoms with Gasteiger partial charge in [0, 0.05) is 13.1 Å². The van der Waals surface area contributed by atoms with Crippen molar-refractivity contribution < 1.29 is 9.18 Å². The molecule has 4 nitrogen and oxygen atoms in total. The molecule has 1 aliphatic heterocycles. The molecule has 13 heavy (non-hydrogen) atoms. The summed E-state index contributed by atoms with van der Waals surface area (Å²) in [5.41, 5.74) is 0. The van der Waals surface area contributed by atoms with Gasteiger partial charge in [-0.25, -0.2) is 9.18 Å². The molecule has 1 aliphatic rings. The van der Waals surface area contributed by atoms with Gasteiger partial charge in [0.15, 0.2) is 0 Å². The number of alkyl halides is 1. The highest BCUT2D eigenvalue weighted by Crippen LogP contribution is 2.06. The van der Waals surface area contributed by atoms with Gasteiger partial charge in [-0.3, -0.25) is 0 Å². The van der Waals surface area contributed by atoms with Crippen LogP contribution in [0.2, 0.25) is 0 Å². The van der Waals surface area contributed by atoms with E-state index in [0.29, 0.717) is 19.5 Å². The Morgan fingerprint density at radius 1 is 1.69 bits per heavy atom. The molecule has 1 heterocycles. The first kappa shape index (κ1) is 10.2. The van der Waals surface area contributed by atoms with Crippen molar-refractivity contribution in [1.29, 1.82) is 0 Å². The number of urea groups is 1. The van der Waals surface area contributed by atoms with Crippen LogP contribution in [0.1, 0.15) is 13.3 Å². The number of carbonyl (C=O) groups excluding carboxylic acids is 1. The van der Waals surface area contributed by atoms with Crippen LogP contribution in [0.3, 0.4) is 0 Å². The fourth-order valence-electron chi connectivity index (χ4n) is 1.36. The van der Waals surface area contributed by atoms with E-state index in [2.05, 4.69) is 16.0 Å². The van der Waals surface area contributed by atoms with Gasteiger partial charge < -0.3 is 16.0 Å². The van der Waals surface area contributed by atoms with Crippen molar-refractivity contribution >= 4 is 6.03 Å². The first-order chi connectivity index (χ1) is 6.24. The highest BCUT2D eigenvalue weighted by atomic mass is 19.1. The van der Waals surface area contributed by atoms with E-state index in [4.69, 9.17) is 0 Å². The zero-order valence-corrected chi connectivity index (χ0v) is 7.77. The lowest BCUT2D eigenvalue weighted by Gasteiger charge is -2.27. The van der Waals surface area contributed by atoms with Crippen LogP contribution in [0, 0.1) is 0 Å². The second kappa shape index (κ2) is 5.01. The number of halogens is 1. The van der Waals surface area contributed by atoms with E-state index in [1.807, 2.05) is 6.92 Å². The number of hydrogen-bond acceptors (Lipinski definition) is 2. The Kier molecular flexibility index (Phi) is 3.95. The van der Waals surface area contributed by atoms with Crippen LogP contribution in [-0.2, 0) is 0 Å². The summed E-state index contributed by atoms with van der Waals surface area (Å²) in [6.45, 7) is 3.48. The Morgan fingerprint density at radius 3 is 3.08 bits per heavy atom. The highest BCUT2D eigenvalue weighted by Gasteiger charge is 2.25. The molecular formula is C8H16FN3O. The minimum atomic E-state index is -0.976. The predicted molar refractivity (Wildman–Crippen MR) is 48.4 cm³/mol. The lowest BCUT2D eigenvalue weighted by Crippen LogP contribution is -2.53. The van der Waals surface area contributed by atoms with Gasteiger partial charge in [0.1, 0.15) is 6.17 Å². The van der Waals surface area contributed by atoms with Crippen molar-refractivity contribution in [2.75, 3.05) is 19.6 Å². The molecule has 2 atom stereocenters. The molecule has 0 spiro atoms. The van der Waals surface area contributed by atoms with Crippen LogP contribution in [0.5, 0.6) is 0 Å². The molecule has 3 N–H and O–H groups in total. The van der Waals surface area contributed by atoms with Crippen LogP contribution in [-0.4, -0.2) is 37.9 Å². The number of piperidine rings is 1. The molecule has 2 amide bonds. The van der Waals surface area contributed by atoms with E-state index < -0.39 is 6.17 Å². The monoisotopic (exact) mass is 189 g/mol. The molecule has 0 bridgehead atoms. The fraction of sp³-hybridized carbons (Fsp3) is 0.875. The van der Waals surface area contributed by atoms with Crippen LogP contribution < -0.4 is 16.0 Å². The average Bonchev–Trinajstić information content (AvgIpc) is 2.09. The fourth-order valence-corrected chi connectivity index (χ4v) is 1.36. The van der Waals surface area contributed by atoms with Gasteiger partial charge in [-0.15, -0.1) is 0 Å². The molecular weight excluding hydrogens is 173 g/mol. The Balaban J connectivity index is 2.29. The standard InChI is InChI=1S/C8H16FN3O/c1-2-11-8(13)12-7-3-4-10-5-6(7)9/h6-7,10H,2-5H2,1H3,(H2,11,12,13). The molecule has 76 valence electrons. The maximum Gasteiger partial charge on any atom is 0.315 e. The summed E-state index contributed by atoms with van der Waals surface area (Å²) >= 11 is 0. The second-order valence-corrected chi connectivity index (χ2v) is 3.12. The van der Waals surface area contributed by atoms with E-state index in [1.165, 1.54) is 0 Å². The molecule has 1 saturated heterocycles. The predicted octanol–water partition coefficient (Wildman–Crippen LogP) is 0.00550. The second-order valence-electron chi connectivity index (χ2n) is 3.12. The van der Waals surface area contributed by atoms with Crippen molar-refractivity contribution in [3.05, 3.63) is 0 Å². The van der Waals surface area contributed by atoms with Gasteiger partial charge in [0.05, 0.1) is 6.04 Å². The van der Waals surface area contributed by atoms with Crippen LogP contribution in [0.15, 0.2) is 0 Å². The molecule has 0 aromatic heterocycles. The van der Waals surface area contributed by atoms with Crippen molar-refractivity contribution in [2.24, 2.45) is 0 Å². The maximum atomic E-state index is 13.1. The van der Waals surface area contributed by atoms with Gasteiger partial charge in [-0.1, -0.05) is 0 Å². The summed E-state index contributed by atoms with van der Waals surface area (Å²) in [4.78, 5) is 11.0. The lowest BCUT2D eigenvalue weighted by atomic mass is 10.1. The van der Waals surface area contributed by atoms with Gasteiger partial charge >= 0.3 is 6.03 Å². The SMILES string of the molecule is CCNC(=O)NC1CCNCC1F. The van der Waals surface area contributed by atoms with Gasteiger partial charge in [0.25, 0.3) is 0 Å². The Morgan fingerprint density at radius 2 is 2.46 bits per heavy atom. The number of rotatable bonds is 2. The molecule has 0 aromatic carbocycles. The molecule has 1 fully saturated rings. The summed E-state index contributed by atoms with van der Waals surface area (Å²) < 4.78 is 13.1. The molecule has 1 rings (SSSR count). The summed E-state index contributed by atoms with van der Waals surface area (Å²) in [5.74, 6) is 0. The number of hydrogen-bond donors (Lipinski definition) is 3. The summed E-state index contributed by atoms with van der Waals surface area (Å²) in [5, 5.41) is 8.10. The van der Waals surface area contributed by atoms with Crippen LogP contribution >= 0.6 is 0 Å². The lowest BCUT2D eigenvalue weighted by molar-refractivity contribution is 0.193. The topological polar surface area (TPSA) is 53.2 Å². The molecule has 0 saturated carbocycles. The van der Waals surface area contributed by atoms with Crippen molar-refractivity contribution in [2.45, 2.75) is 25.6 Å². The first-order valence-corrected chi connectivity index (χ1v) is 4.63. The molecule has 5 heteroatoms. The first-order valence-electron chi connectivity index (χ1n) is 4.63. The van der Waals surface area contributed by atoms with Crippen molar-refractivity contribution in [3.8, 4) is 0 Å². The summed E-state index contributed by atoms with van der Waals surface area (Å²) in [6, 6.07) is -0.621. The minimum Gasteiger partial charge on any atom is -0.338 e. The average molecular weight is 189 g/mol. The van der Waals surface area contributed by atoms with E-state index >= 15 is 0 Å². The molecule has 0 radical (unpaired) electrons. The zero-order chi connectivity index (χ0) is 9.68. The largest absolute Gasteiger partial charge is 0.338 e. The van der Waals surface area contributed by atoms with Gasteiger partial charge in [-0.2, -0.15) is 0 Å². The van der Waals surface area contributed by atoms with Gasteiger partial charge in [-0.05, 0) is 19.9 Å². The Bertz CT molecular complexity index is 177. The smallest absolute Gasteiger partial charge is 0.315 e. The minimum absolute atomic E-state index is 0.281. The highest BCUT2D eigenvalue weighted by molar-refractivity contribution is 5.74. The molecule has 0 aromatic rings. The third-order valence-electron chi connectivity index (χ3n) is 2.06. The van der Waals surface area contributed by atoms with Crippen LogP contribution in [0.25, 0.3) is 0 Å². The maximum absolute atomic E-state index is 13.1. The normalized spacial score (nSPS) is 28.2. The van der Waals surface area contributed by atoms with Crippen molar-refractivity contribution in [3.63, 3.8) is 0 Å². The summed E-state index contributed by atoms with van der Waals surface area (Å²) in [6.07, 6.45) is -0.325. The zero-order valence-electron chi connectivity index (χ0n) is 7.77. The van der Waals surface area contributed by atoms with Crippen molar-refractivity contribution in [1.82, 2.24) is 16.0 Å². The van der Waals surface area contributed by atoms with E-state index in [9.17, 15) is 9.18 Å². The van der Waals surface area contributed by atoms with E-state index in [0.717, 1.165) is 6.54 Å². The molecule has 0 aliphatic carbocycles. The number of amides is 2. The quantitative estimate of drug-likeness (QED) is 0.573.